The molecule has 0 bridgehead atoms. The van der Waals surface area contributed by atoms with E-state index in [9.17, 15) is 30.8 Å². The van der Waals surface area contributed by atoms with Crippen molar-refractivity contribution < 1.29 is 40.3 Å². The van der Waals surface area contributed by atoms with Gasteiger partial charge in [0.15, 0.2) is 15.7 Å². The number of rotatable bonds is 4. The van der Waals surface area contributed by atoms with Crippen LogP contribution in [0.2, 0.25) is 10.0 Å². The van der Waals surface area contributed by atoms with Crippen LogP contribution in [0.4, 0.5) is 17.6 Å². The van der Waals surface area contributed by atoms with Crippen molar-refractivity contribution in [3.8, 4) is 0 Å². The molecular formula is C22H17Cl2F4N3O5S. The molecule has 2 aromatic rings. The standard InChI is InChI=1S/C22H17Cl2F4N3O5S/c1-37(33,34)8-18(32)31-9-20(10-31)13-6-29-16(2-11(13)7-35-20)17-5-21(36-30-17,22(26,27)28)12-3-14(23)19(25)15(24)4-12/h2-4,6H,5,7-10H2,1H3. The molecule has 0 saturated carbocycles. The molecule has 4 heterocycles. The summed E-state index contributed by atoms with van der Waals surface area (Å²) in [6.45, 7) is 0.367. The molecule has 1 atom stereocenters. The number of fused-ring (bicyclic) bond motifs is 2. The number of hydrogen-bond donors (Lipinski definition) is 0. The molecule has 1 unspecified atom stereocenters. The number of nitrogens with zero attached hydrogens (tertiary/aromatic N) is 3. The number of amides is 1. The number of aromatic nitrogens is 1. The number of carbonyl (C=O) groups excluding carboxylic acids is 1. The lowest BCUT2D eigenvalue weighted by Crippen LogP contribution is -2.62. The van der Waals surface area contributed by atoms with Crippen LogP contribution in [0.15, 0.2) is 29.6 Å². The highest BCUT2D eigenvalue weighted by molar-refractivity contribution is 7.91. The van der Waals surface area contributed by atoms with Crippen molar-refractivity contribution in [3.05, 3.63) is 62.6 Å². The van der Waals surface area contributed by atoms with Crippen molar-refractivity contribution in [2.75, 3.05) is 25.1 Å². The summed E-state index contributed by atoms with van der Waals surface area (Å²) in [5.41, 5.74) is -3.01. The number of likely N-dealkylation sites (tertiary alicyclic amines) is 1. The minimum atomic E-state index is -4.96. The second kappa shape index (κ2) is 8.52. The van der Waals surface area contributed by atoms with Gasteiger partial charge in [-0.3, -0.25) is 9.78 Å². The van der Waals surface area contributed by atoms with Crippen molar-refractivity contribution in [1.29, 1.82) is 0 Å². The van der Waals surface area contributed by atoms with E-state index in [2.05, 4.69) is 10.1 Å². The quantitative estimate of drug-likeness (QED) is 0.403. The smallest absolute Gasteiger partial charge is 0.374 e. The van der Waals surface area contributed by atoms with E-state index in [4.69, 9.17) is 32.8 Å². The van der Waals surface area contributed by atoms with Gasteiger partial charge in [0.05, 0.1) is 41.9 Å². The molecule has 198 valence electrons. The van der Waals surface area contributed by atoms with Gasteiger partial charge >= 0.3 is 6.18 Å². The third-order valence-corrected chi connectivity index (χ3v) is 7.87. The summed E-state index contributed by atoms with van der Waals surface area (Å²) in [5, 5.41) is 2.47. The largest absolute Gasteiger partial charge is 0.435 e. The van der Waals surface area contributed by atoms with Crippen LogP contribution < -0.4 is 0 Å². The van der Waals surface area contributed by atoms with Crippen LogP contribution in [0.1, 0.15) is 28.8 Å². The summed E-state index contributed by atoms with van der Waals surface area (Å²) < 4.78 is 85.2. The molecule has 0 aliphatic carbocycles. The number of benzene rings is 1. The van der Waals surface area contributed by atoms with Crippen LogP contribution in [0.25, 0.3) is 0 Å². The molecular weight excluding hydrogens is 565 g/mol. The van der Waals surface area contributed by atoms with E-state index in [-0.39, 0.29) is 31.1 Å². The molecule has 1 saturated heterocycles. The first-order valence-corrected chi connectivity index (χ1v) is 13.5. The Kier molecular flexibility index (Phi) is 6.02. The van der Waals surface area contributed by atoms with E-state index in [0.29, 0.717) is 11.1 Å². The highest BCUT2D eigenvalue weighted by Gasteiger charge is 2.63. The fraction of sp³-hybridized carbons (Fsp3) is 0.409. The van der Waals surface area contributed by atoms with Crippen molar-refractivity contribution in [1.82, 2.24) is 9.88 Å². The van der Waals surface area contributed by atoms with Crippen molar-refractivity contribution in [2.45, 2.75) is 30.4 Å². The zero-order chi connectivity index (χ0) is 27.0. The van der Waals surface area contributed by atoms with Gasteiger partial charge in [0, 0.05) is 23.6 Å². The second-order valence-electron chi connectivity index (χ2n) is 9.21. The van der Waals surface area contributed by atoms with Gasteiger partial charge < -0.3 is 14.5 Å². The maximum Gasteiger partial charge on any atom is 0.435 e. The normalized spacial score (nSPS) is 22.5. The number of sulfone groups is 1. The van der Waals surface area contributed by atoms with Gasteiger partial charge in [0.25, 0.3) is 5.60 Å². The number of alkyl halides is 3. The van der Waals surface area contributed by atoms with Gasteiger partial charge in [-0.15, -0.1) is 0 Å². The molecule has 1 fully saturated rings. The van der Waals surface area contributed by atoms with Gasteiger partial charge in [0.2, 0.25) is 5.91 Å². The van der Waals surface area contributed by atoms with Gasteiger partial charge in [-0.05, 0) is 23.8 Å². The molecule has 5 rings (SSSR count). The Labute approximate surface area is 218 Å². The Morgan fingerprint density at radius 2 is 1.84 bits per heavy atom. The van der Waals surface area contributed by atoms with Gasteiger partial charge in [-0.2, -0.15) is 13.2 Å². The molecule has 1 amide bonds. The molecule has 1 aromatic carbocycles. The van der Waals surface area contributed by atoms with Crippen molar-refractivity contribution in [3.63, 3.8) is 0 Å². The summed E-state index contributed by atoms with van der Waals surface area (Å²) in [6.07, 6.45) is -3.31. The first-order chi connectivity index (χ1) is 17.1. The number of ether oxygens (including phenoxy) is 1. The minimum absolute atomic E-state index is 0.101. The van der Waals surface area contributed by atoms with E-state index in [1.807, 2.05) is 0 Å². The highest BCUT2D eigenvalue weighted by atomic mass is 35.5. The fourth-order valence-corrected chi connectivity index (χ4v) is 5.75. The molecule has 37 heavy (non-hydrogen) atoms. The predicted molar refractivity (Wildman–Crippen MR) is 123 cm³/mol. The molecule has 3 aliphatic heterocycles. The summed E-state index contributed by atoms with van der Waals surface area (Å²) in [6, 6.07) is 3.13. The first-order valence-electron chi connectivity index (χ1n) is 10.7. The lowest BCUT2D eigenvalue weighted by Gasteiger charge is -2.47. The SMILES string of the molecule is CS(=O)(=O)CC(=O)N1CC2(C1)OCc1cc(C3=NOC(c4cc(Cl)c(F)c(Cl)c4)(C(F)(F)F)C3)ncc12. The monoisotopic (exact) mass is 581 g/mol. The third kappa shape index (κ3) is 4.35. The minimum Gasteiger partial charge on any atom is -0.374 e. The van der Waals surface area contributed by atoms with E-state index in [1.165, 1.54) is 17.2 Å². The number of pyridine rings is 1. The molecule has 1 spiro atoms. The van der Waals surface area contributed by atoms with Crippen LogP contribution in [0.5, 0.6) is 0 Å². The molecule has 1 aromatic heterocycles. The summed E-state index contributed by atoms with van der Waals surface area (Å²) in [5.74, 6) is -2.21. The van der Waals surface area contributed by atoms with E-state index in [1.54, 1.807) is 0 Å². The van der Waals surface area contributed by atoms with E-state index >= 15 is 0 Å². The second-order valence-corrected chi connectivity index (χ2v) is 12.2. The fourth-order valence-electron chi connectivity index (χ4n) is 4.63. The van der Waals surface area contributed by atoms with Gasteiger partial charge in [-0.25, -0.2) is 12.8 Å². The number of oxime groups is 1. The highest BCUT2D eigenvalue weighted by Crippen LogP contribution is 2.50. The number of hydrogen-bond acceptors (Lipinski definition) is 7. The van der Waals surface area contributed by atoms with Crippen LogP contribution in [0, 0.1) is 5.82 Å². The van der Waals surface area contributed by atoms with Crippen molar-refractivity contribution in [2.24, 2.45) is 5.16 Å². The number of carbonyl (C=O) groups is 1. The van der Waals surface area contributed by atoms with Crippen LogP contribution >= 0.6 is 23.2 Å². The topological polar surface area (TPSA) is 98.2 Å². The molecule has 8 nitrogen and oxygen atoms in total. The Morgan fingerprint density at radius 1 is 1.19 bits per heavy atom. The zero-order valence-corrected chi connectivity index (χ0v) is 21.2. The Balaban J connectivity index is 1.38. The Hall–Kier alpha value is -2.48. The first kappa shape index (κ1) is 26.1. The Morgan fingerprint density at radius 3 is 2.43 bits per heavy atom. The maximum absolute atomic E-state index is 14.2. The number of halogens is 6. The van der Waals surface area contributed by atoms with E-state index < -0.39 is 66.7 Å². The zero-order valence-electron chi connectivity index (χ0n) is 18.9. The van der Waals surface area contributed by atoms with Gasteiger partial charge in [-0.1, -0.05) is 28.4 Å². The summed E-state index contributed by atoms with van der Waals surface area (Å²) >= 11 is 11.5. The van der Waals surface area contributed by atoms with Crippen LogP contribution in [-0.2, 0) is 42.0 Å². The lowest BCUT2D eigenvalue weighted by atomic mass is 9.85. The Bertz CT molecular complexity index is 1440. The van der Waals surface area contributed by atoms with Crippen LogP contribution in [0.3, 0.4) is 0 Å². The maximum atomic E-state index is 14.2. The van der Waals surface area contributed by atoms with Crippen LogP contribution in [-0.4, -0.2) is 61.2 Å². The lowest BCUT2D eigenvalue weighted by molar-refractivity contribution is -0.275. The molecule has 15 heteroatoms. The van der Waals surface area contributed by atoms with Crippen molar-refractivity contribution >= 4 is 44.7 Å². The molecule has 0 radical (unpaired) electrons. The molecule has 0 N–H and O–H groups in total. The third-order valence-electron chi connectivity index (χ3n) is 6.55. The summed E-state index contributed by atoms with van der Waals surface area (Å²) in [4.78, 5) is 22.7. The average Bonchev–Trinajstić information content (AvgIpc) is 3.37. The average molecular weight is 582 g/mol. The van der Waals surface area contributed by atoms with Gasteiger partial charge in [0.1, 0.15) is 17.1 Å². The van der Waals surface area contributed by atoms with E-state index in [0.717, 1.165) is 18.4 Å². The molecule has 3 aliphatic rings. The predicted octanol–water partition coefficient (Wildman–Crippen LogP) is 3.72. The summed E-state index contributed by atoms with van der Waals surface area (Å²) in [7, 11) is -3.49.